The number of hydrogen-bond acceptors (Lipinski definition) is 4. The Bertz CT molecular complexity index is 534. The van der Waals surface area contributed by atoms with Crippen LogP contribution in [0.4, 0.5) is 13.2 Å². The van der Waals surface area contributed by atoms with E-state index in [9.17, 15) is 22.8 Å². The van der Waals surface area contributed by atoms with E-state index in [2.05, 4.69) is 15.0 Å². The van der Waals surface area contributed by atoms with Gasteiger partial charge in [-0.15, -0.1) is 0 Å². The largest absolute Gasteiger partial charge is 0.481 e. The number of alkyl halides is 3. The van der Waals surface area contributed by atoms with E-state index in [-0.39, 0.29) is 24.4 Å². The van der Waals surface area contributed by atoms with Gasteiger partial charge in [-0.05, 0) is 19.4 Å². The molecule has 0 saturated carbocycles. The summed E-state index contributed by atoms with van der Waals surface area (Å²) in [7, 11) is 0. The first-order valence-corrected chi connectivity index (χ1v) is 6.36. The van der Waals surface area contributed by atoms with Gasteiger partial charge in [-0.3, -0.25) is 9.59 Å². The Morgan fingerprint density at radius 3 is 2.68 bits per heavy atom. The summed E-state index contributed by atoms with van der Waals surface area (Å²) in [5.41, 5.74) is -0.109. The van der Waals surface area contributed by atoms with Gasteiger partial charge in [0.1, 0.15) is 5.69 Å². The first kappa shape index (κ1) is 17.7. The number of aliphatic carboxylic acids is 1. The maximum atomic E-state index is 12.0. The van der Waals surface area contributed by atoms with Crippen LogP contribution in [0.5, 0.6) is 5.88 Å². The number of amides is 1. The first-order chi connectivity index (χ1) is 10.2. The lowest BCUT2D eigenvalue weighted by molar-refractivity contribution is -0.154. The van der Waals surface area contributed by atoms with Crippen molar-refractivity contribution in [2.75, 3.05) is 6.61 Å². The van der Waals surface area contributed by atoms with E-state index in [1.807, 2.05) is 0 Å². The van der Waals surface area contributed by atoms with Crippen molar-refractivity contribution in [1.29, 1.82) is 0 Å². The maximum absolute atomic E-state index is 12.0. The minimum Gasteiger partial charge on any atom is -0.481 e. The summed E-state index contributed by atoms with van der Waals surface area (Å²) in [5.74, 6) is -1.92. The van der Waals surface area contributed by atoms with Crippen LogP contribution < -0.4 is 10.1 Å². The highest BCUT2D eigenvalue weighted by Crippen LogP contribution is 2.17. The number of pyridine rings is 1. The second kappa shape index (κ2) is 7.62. The molecule has 0 fully saturated rings. The normalized spacial score (nSPS) is 12.5. The molecule has 0 aromatic carbocycles. The van der Waals surface area contributed by atoms with Crippen LogP contribution in [0.2, 0.25) is 0 Å². The molecule has 22 heavy (non-hydrogen) atoms. The fourth-order valence-electron chi connectivity index (χ4n) is 1.49. The van der Waals surface area contributed by atoms with E-state index in [1.165, 1.54) is 18.2 Å². The van der Waals surface area contributed by atoms with Crippen molar-refractivity contribution in [1.82, 2.24) is 10.3 Å². The summed E-state index contributed by atoms with van der Waals surface area (Å²) >= 11 is 0. The average molecular weight is 320 g/mol. The molecule has 0 bridgehead atoms. The fourth-order valence-corrected chi connectivity index (χ4v) is 1.49. The second-order valence-corrected chi connectivity index (χ2v) is 4.57. The van der Waals surface area contributed by atoms with Crippen molar-refractivity contribution in [2.24, 2.45) is 0 Å². The van der Waals surface area contributed by atoms with E-state index in [0.29, 0.717) is 0 Å². The lowest BCUT2D eigenvalue weighted by Crippen LogP contribution is -2.33. The van der Waals surface area contributed by atoms with Gasteiger partial charge in [-0.2, -0.15) is 13.2 Å². The van der Waals surface area contributed by atoms with Gasteiger partial charge in [0, 0.05) is 18.5 Å². The van der Waals surface area contributed by atoms with Crippen molar-refractivity contribution in [2.45, 2.75) is 32.0 Å². The summed E-state index contributed by atoms with van der Waals surface area (Å²) in [6.45, 7) is 0.116. The Kier molecular flexibility index (Phi) is 6.14. The molecule has 1 aromatic heterocycles. The SMILES string of the molecule is CC(CCC(=O)O)NC(=O)c1cccc(OCC(F)(F)F)n1. The van der Waals surface area contributed by atoms with Gasteiger partial charge >= 0.3 is 12.1 Å². The molecule has 0 aliphatic heterocycles. The van der Waals surface area contributed by atoms with Gasteiger partial charge in [0.25, 0.3) is 5.91 Å². The van der Waals surface area contributed by atoms with E-state index in [4.69, 9.17) is 5.11 Å². The van der Waals surface area contributed by atoms with E-state index in [0.717, 1.165) is 0 Å². The molecule has 0 aliphatic carbocycles. The number of rotatable bonds is 7. The lowest BCUT2D eigenvalue weighted by Gasteiger charge is -2.13. The van der Waals surface area contributed by atoms with Crippen LogP contribution in [-0.2, 0) is 4.79 Å². The standard InChI is InChI=1S/C13H15F3N2O4/c1-8(5-6-11(19)20)17-12(21)9-3-2-4-10(18-9)22-7-13(14,15)16/h2-4,8H,5-7H2,1H3,(H,17,21)(H,19,20). The number of halogens is 3. The molecule has 0 aliphatic rings. The van der Waals surface area contributed by atoms with E-state index >= 15 is 0 Å². The molecule has 0 saturated heterocycles. The van der Waals surface area contributed by atoms with Crippen LogP contribution in [-0.4, -0.2) is 40.8 Å². The zero-order valence-corrected chi connectivity index (χ0v) is 11.7. The summed E-state index contributed by atoms with van der Waals surface area (Å²) in [4.78, 5) is 26.0. The van der Waals surface area contributed by atoms with Crippen LogP contribution in [0.3, 0.4) is 0 Å². The Morgan fingerprint density at radius 2 is 2.09 bits per heavy atom. The van der Waals surface area contributed by atoms with Crippen molar-refractivity contribution in [3.05, 3.63) is 23.9 Å². The molecule has 6 nitrogen and oxygen atoms in total. The topological polar surface area (TPSA) is 88.5 Å². The first-order valence-electron chi connectivity index (χ1n) is 6.36. The number of carbonyl (C=O) groups is 2. The Hall–Kier alpha value is -2.32. The Balaban J connectivity index is 2.60. The number of nitrogens with zero attached hydrogens (tertiary/aromatic N) is 1. The molecule has 122 valence electrons. The predicted molar refractivity (Wildman–Crippen MR) is 69.6 cm³/mol. The molecule has 1 heterocycles. The lowest BCUT2D eigenvalue weighted by atomic mass is 10.2. The minimum absolute atomic E-state index is 0.108. The third kappa shape index (κ3) is 6.91. The van der Waals surface area contributed by atoms with E-state index < -0.39 is 30.7 Å². The fraction of sp³-hybridized carbons (Fsp3) is 0.462. The summed E-state index contributed by atoms with van der Waals surface area (Å²) in [5, 5.41) is 11.0. The maximum Gasteiger partial charge on any atom is 0.422 e. The van der Waals surface area contributed by atoms with Gasteiger partial charge in [-0.1, -0.05) is 6.07 Å². The highest BCUT2D eigenvalue weighted by atomic mass is 19.4. The van der Waals surface area contributed by atoms with E-state index in [1.54, 1.807) is 6.92 Å². The number of carbonyl (C=O) groups excluding carboxylic acids is 1. The summed E-state index contributed by atoms with van der Waals surface area (Å²) in [6.07, 6.45) is -4.37. The number of ether oxygens (including phenoxy) is 1. The third-order valence-electron chi connectivity index (χ3n) is 2.51. The molecule has 1 aromatic rings. The van der Waals surface area contributed by atoms with Gasteiger partial charge in [0.05, 0.1) is 0 Å². The molecule has 2 N–H and O–H groups in total. The van der Waals surface area contributed by atoms with Gasteiger partial charge < -0.3 is 15.2 Å². The second-order valence-electron chi connectivity index (χ2n) is 4.57. The Morgan fingerprint density at radius 1 is 1.41 bits per heavy atom. The van der Waals surface area contributed by atoms with Crippen molar-refractivity contribution in [3.63, 3.8) is 0 Å². The zero-order valence-electron chi connectivity index (χ0n) is 11.7. The van der Waals surface area contributed by atoms with Crippen molar-refractivity contribution >= 4 is 11.9 Å². The quantitative estimate of drug-likeness (QED) is 0.802. The summed E-state index contributed by atoms with van der Waals surface area (Å²) < 4.78 is 40.6. The highest BCUT2D eigenvalue weighted by Gasteiger charge is 2.28. The average Bonchev–Trinajstić information content (AvgIpc) is 2.42. The van der Waals surface area contributed by atoms with Crippen molar-refractivity contribution < 1.29 is 32.6 Å². The summed E-state index contributed by atoms with van der Waals surface area (Å²) in [6, 6.07) is 3.45. The molecular formula is C13H15F3N2O4. The molecule has 1 unspecified atom stereocenters. The van der Waals surface area contributed by atoms with Crippen LogP contribution in [0.15, 0.2) is 18.2 Å². The minimum atomic E-state index is -4.49. The number of aromatic nitrogens is 1. The number of hydrogen-bond donors (Lipinski definition) is 2. The molecule has 0 spiro atoms. The van der Waals surface area contributed by atoms with Crippen LogP contribution in [0.1, 0.15) is 30.3 Å². The molecule has 0 radical (unpaired) electrons. The highest BCUT2D eigenvalue weighted by molar-refractivity contribution is 5.92. The zero-order chi connectivity index (χ0) is 16.8. The van der Waals surface area contributed by atoms with Crippen LogP contribution in [0, 0.1) is 0 Å². The molecular weight excluding hydrogens is 305 g/mol. The van der Waals surface area contributed by atoms with Gasteiger partial charge in [0.15, 0.2) is 6.61 Å². The number of nitrogens with one attached hydrogen (secondary N) is 1. The van der Waals surface area contributed by atoms with Crippen LogP contribution >= 0.6 is 0 Å². The third-order valence-corrected chi connectivity index (χ3v) is 2.51. The smallest absolute Gasteiger partial charge is 0.422 e. The Labute approximate surface area is 124 Å². The molecule has 1 amide bonds. The van der Waals surface area contributed by atoms with Crippen LogP contribution in [0.25, 0.3) is 0 Å². The molecule has 9 heteroatoms. The predicted octanol–water partition coefficient (Wildman–Crippen LogP) is 2.01. The van der Waals surface area contributed by atoms with Crippen molar-refractivity contribution in [3.8, 4) is 5.88 Å². The number of carboxylic acids is 1. The van der Waals surface area contributed by atoms with Gasteiger partial charge in [0.2, 0.25) is 5.88 Å². The monoisotopic (exact) mass is 320 g/mol. The number of carboxylic acid groups (broad SMARTS) is 1. The molecule has 1 atom stereocenters. The molecule has 1 rings (SSSR count). The van der Waals surface area contributed by atoms with Gasteiger partial charge in [-0.25, -0.2) is 4.98 Å².